The van der Waals surface area contributed by atoms with E-state index in [-0.39, 0.29) is 29.1 Å². The zero-order chi connectivity index (χ0) is 23.3. The predicted molar refractivity (Wildman–Crippen MR) is 124 cm³/mol. The lowest BCUT2D eigenvalue weighted by Gasteiger charge is -2.32. The monoisotopic (exact) mass is 480 g/mol. The van der Waals surface area contributed by atoms with Crippen molar-refractivity contribution in [2.75, 3.05) is 26.8 Å². The fourth-order valence-electron chi connectivity index (χ4n) is 3.78. The normalized spacial score (nSPS) is 18.1. The van der Waals surface area contributed by atoms with Crippen molar-refractivity contribution in [3.63, 3.8) is 0 Å². The Labute approximate surface area is 194 Å². The molecule has 1 aliphatic rings. The molecule has 32 heavy (non-hydrogen) atoms. The lowest BCUT2D eigenvalue weighted by molar-refractivity contribution is -0.126. The zero-order valence-electron chi connectivity index (χ0n) is 18.5. The van der Waals surface area contributed by atoms with Gasteiger partial charge in [-0.15, -0.1) is 0 Å². The second-order valence-corrected chi connectivity index (χ2v) is 10.1. The molecule has 0 bridgehead atoms. The highest BCUT2D eigenvalue weighted by molar-refractivity contribution is 7.89. The molecule has 0 saturated carbocycles. The summed E-state index contributed by atoms with van der Waals surface area (Å²) >= 11 is 6.07. The van der Waals surface area contributed by atoms with Crippen molar-refractivity contribution >= 4 is 27.5 Å². The summed E-state index contributed by atoms with van der Waals surface area (Å²) in [5, 5.41) is 3.32. The Bertz CT molecular complexity index is 1040. The minimum absolute atomic E-state index is 0.0273. The number of nitrogens with one attached hydrogen (secondary N) is 1. The second-order valence-electron chi connectivity index (χ2n) is 7.73. The van der Waals surface area contributed by atoms with Gasteiger partial charge in [0.2, 0.25) is 15.9 Å². The average Bonchev–Trinajstić information content (AvgIpc) is 2.80. The van der Waals surface area contributed by atoms with Gasteiger partial charge in [-0.25, -0.2) is 8.42 Å². The number of hydrogen-bond acceptors (Lipinski definition) is 5. The van der Waals surface area contributed by atoms with Crippen LogP contribution in [0.5, 0.6) is 11.5 Å². The third-order valence-corrected chi connectivity index (χ3v) is 7.67. The van der Waals surface area contributed by atoms with Gasteiger partial charge >= 0.3 is 0 Å². The summed E-state index contributed by atoms with van der Waals surface area (Å²) in [7, 11) is -2.26. The molecule has 9 heteroatoms. The van der Waals surface area contributed by atoms with E-state index in [4.69, 9.17) is 21.1 Å². The Morgan fingerprint density at radius 3 is 2.62 bits per heavy atom. The van der Waals surface area contributed by atoms with Crippen molar-refractivity contribution in [2.24, 2.45) is 5.92 Å². The van der Waals surface area contributed by atoms with Gasteiger partial charge in [0.1, 0.15) is 16.4 Å². The summed E-state index contributed by atoms with van der Waals surface area (Å²) in [5.74, 6) is 0.405. The van der Waals surface area contributed by atoms with Crippen LogP contribution in [0.2, 0.25) is 5.02 Å². The SMILES string of the molecule is CCOc1ccc(Cl)cc1S(=O)(=O)N1CCC[C@@H](C(=O)N[C@H](C)c2ccc(OC)cc2)C1. The van der Waals surface area contributed by atoms with Crippen LogP contribution in [0.4, 0.5) is 0 Å². The summed E-state index contributed by atoms with van der Waals surface area (Å²) in [4.78, 5) is 13.0. The number of nitrogens with zero attached hydrogens (tertiary/aromatic N) is 1. The van der Waals surface area contributed by atoms with Gasteiger partial charge in [0, 0.05) is 18.1 Å². The number of carbonyl (C=O) groups excluding carboxylic acids is 1. The minimum Gasteiger partial charge on any atom is -0.497 e. The smallest absolute Gasteiger partial charge is 0.246 e. The summed E-state index contributed by atoms with van der Waals surface area (Å²) in [6.45, 7) is 4.48. The van der Waals surface area contributed by atoms with E-state index in [1.165, 1.54) is 10.4 Å². The molecule has 2 aromatic carbocycles. The number of carbonyl (C=O) groups is 1. The van der Waals surface area contributed by atoms with Crippen LogP contribution in [-0.2, 0) is 14.8 Å². The summed E-state index contributed by atoms with van der Waals surface area (Å²) in [5.41, 5.74) is 0.944. The number of piperidine rings is 1. The first-order valence-electron chi connectivity index (χ1n) is 10.6. The van der Waals surface area contributed by atoms with E-state index in [1.807, 2.05) is 31.2 Å². The van der Waals surface area contributed by atoms with E-state index in [9.17, 15) is 13.2 Å². The van der Waals surface area contributed by atoms with Crippen LogP contribution in [0.15, 0.2) is 47.4 Å². The fourth-order valence-corrected chi connectivity index (χ4v) is 5.70. The molecule has 1 heterocycles. The van der Waals surface area contributed by atoms with Crippen molar-refractivity contribution in [3.8, 4) is 11.5 Å². The van der Waals surface area contributed by atoms with Crippen molar-refractivity contribution in [3.05, 3.63) is 53.1 Å². The lowest BCUT2D eigenvalue weighted by atomic mass is 9.98. The van der Waals surface area contributed by atoms with E-state index in [1.54, 1.807) is 26.2 Å². The van der Waals surface area contributed by atoms with Gasteiger partial charge in [0.15, 0.2) is 0 Å². The summed E-state index contributed by atoms with van der Waals surface area (Å²) < 4.78 is 38.7. The molecule has 1 fully saturated rings. The third kappa shape index (κ3) is 5.54. The van der Waals surface area contributed by atoms with Crippen LogP contribution in [0.25, 0.3) is 0 Å². The number of methoxy groups -OCH3 is 1. The Hall–Kier alpha value is -2.29. The van der Waals surface area contributed by atoms with Gasteiger partial charge in [-0.05, 0) is 62.6 Å². The quantitative estimate of drug-likeness (QED) is 0.616. The highest BCUT2D eigenvalue weighted by Crippen LogP contribution is 2.32. The molecule has 2 atom stereocenters. The molecule has 3 rings (SSSR count). The van der Waals surface area contributed by atoms with E-state index < -0.39 is 15.9 Å². The number of amides is 1. The summed E-state index contributed by atoms with van der Waals surface area (Å²) in [6.07, 6.45) is 1.22. The third-order valence-electron chi connectivity index (χ3n) is 5.55. The van der Waals surface area contributed by atoms with Gasteiger partial charge in [0.25, 0.3) is 0 Å². The standard InChI is InChI=1S/C23H29ClN2O5S/c1-4-31-21-12-9-19(24)14-22(21)32(28,29)26-13-5-6-18(15-26)23(27)25-16(2)17-7-10-20(30-3)11-8-17/h7-12,14,16,18H,4-6,13,15H2,1-3H3,(H,25,27)/t16-,18-/m1/s1. The van der Waals surface area contributed by atoms with Gasteiger partial charge in [0.05, 0.1) is 25.7 Å². The fraction of sp³-hybridized carbons (Fsp3) is 0.435. The molecular weight excluding hydrogens is 452 g/mol. The maximum Gasteiger partial charge on any atom is 0.246 e. The topological polar surface area (TPSA) is 84.9 Å². The van der Waals surface area contributed by atoms with Crippen LogP contribution < -0.4 is 14.8 Å². The molecule has 0 unspecified atom stereocenters. The van der Waals surface area contributed by atoms with Crippen LogP contribution in [-0.4, -0.2) is 45.4 Å². The molecule has 1 aliphatic heterocycles. The number of benzene rings is 2. The van der Waals surface area contributed by atoms with Gasteiger partial charge in [-0.1, -0.05) is 23.7 Å². The van der Waals surface area contributed by atoms with Crippen LogP contribution >= 0.6 is 11.6 Å². The molecule has 0 aromatic heterocycles. The minimum atomic E-state index is -3.86. The Morgan fingerprint density at radius 2 is 1.97 bits per heavy atom. The number of hydrogen-bond donors (Lipinski definition) is 1. The first-order valence-corrected chi connectivity index (χ1v) is 12.4. The lowest BCUT2D eigenvalue weighted by Crippen LogP contribution is -2.45. The largest absolute Gasteiger partial charge is 0.497 e. The molecule has 174 valence electrons. The molecule has 1 N–H and O–H groups in total. The number of rotatable bonds is 8. The van der Waals surface area contributed by atoms with Gasteiger partial charge < -0.3 is 14.8 Å². The van der Waals surface area contributed by atoms with Crippen molar-refractivity contribution in [2.45, 2.75) is 37.6 Å². The molecule has 7 nitrogen and oxygen atoms in total. The van der Waals surface area contributed by atoms with E-state index in [0.717, 1.165) is 11.3 Å². The highest BCUT2D eigenvalue weighted by Gasteiger charge is 2.35. The molecule has 1 saturated heterocycles. The maximum absolute atomic E-state index is 13.4. The van der Waals surface area contributed by atoms with Gasteiger partial charge in [-0.2, -0.15) is 4.31 Å². The van der Waals surface area contributed by atoms with Crippen molar-refractivity contribution in [1.82, 2.24) is 9.62 Å². The first-order chi connectivity index (χ1) is 15.3. The van der Waals surface area contributed by atoms with E-state index in [2.05, 4.69) is 5.32 Å². The van der Waals surface area contributed by atoms with Crippen LogP contribution in [0.1, 0.15) is 38.3 Å². The molecule has 0 radical (unpaired) electrons. The molecule has 1 amide bonds. The Kier molecular flexibility index (Phi) is 8.03. The van der Waals surface area contributed by atoms with Crippen molar-refractivity contribution in [1.29, 1.82) is 0 Å². The zero-order valence-corrected chi connectivity index (χ0v) is 20.1. The Morgan fingerprint density at radius 1 is 1.25 bits per heavy atom. The predicted octanol–water partition coefficient (Wildman–Crippen LogP) is 4.03. The second kappa shape index (κ2) is 10.6. The van der Waals surface area contributed by atoms with Crippen molar-refractivity contribution < 1.29 is 22.7 Å². The van der Waals surface area contributed by atoms with E-state index >= 15 is 0 Å². The maximum atomic E-state index is 13.4. The van der Waals surface area contributed by atoms with Crippen LogP contribution in [0.3, 0.4) is 0 Å². The molecule has 2 aromatic rings. The number of halogens is 1. The Balaban J connectivity index is 1.73. The van der Waals surface area contributed by atoms with E-state index in [0.29, 0.717) is 31.0 Å². The molecular formula is C23H29ClN2O5S. The number of ether oxygens (including phenoxy) is 2. The van der Waals surface area contributed by atoms with Gasteiger partial charge in [-0.3, -0.25) is 4.79 Å². The molecule has 0 spiro atoms. The first kappa shape index (κ1) is 24.4. The number of sulfonamides is 1. The highest BCUT2D eigenvalue weighted by atomic mass is 35.5. The summed E-state index contributed by atoms with van der Waals surface area (Å²) in [6, 6.07) is 11.8. The average molecular weight is 481 g/mol. The molecule has 0 aliphatic carbocycles. The van der Waals surface area contributed by atoms with Crippen LogP contribution in [0, 0.1) is 5.92 Å².